The number of fused-ring (bicyclic) bond motifs is 4. The second-order valence-corrected chi connectivity index (χ2v) is 14.0. The molecule has 0 aromatic heterocycles. The molecule has 3 aromatic rings. The number of nitrogens with zero attached hydrogens (tertiary/aromatic N) is 2. The van der Waals surface area contributed by atoms with Gasteiger partial charge in [-0.2, -0.15) is 52.7 Å². The number of phenolic OH excluding ortho intramolecular Hbond substituents is 1. The molecule has 4 amide bonds. The molecule has 0 spiro atoms. The van der Waals surface area contributed by atoms with Gasteiger partial charge < -0.3 is 9.84 Å². The Morgan fingerprint density at radius 3 is 1.47 bits per heavy atom. The zero-order chi connectivity index (χ0) is 41.9. The molecule has 3 aromatic carbocycles. The summed E-state index contributed by atoms with van der Waals surface area (Å²) >= 11 is 0. The van der Waals surface area contributed by atoms with Crippen LogP contribution in [0, 0.1) is 29.6 Å². The number of para-hydroxylation sites is 1. The van der Waals surface area contributed by atoms with Crippen LogP contribution in [0.25, 0.3) is 0 Å². The first-order valence-electron chi connectivity index (χ1n) is 16.7. The molecule has 0 bridgehead atoms. The fourth-order valence-corrected chi connectivity index (χ4v) is 8.54. The van der Waals surface area contributed by atoms with Crippen molar-refractivity contribution in [2.75, 3.05) is 16.9 Å². The van der Waals surface area contributed by atoms with Gasteiger partial charge in [-0.25, -0.2) is 9.80 Å². The summed E-state index contributed by atoms with van der Waals surface area (Å²) in [4.78, 5) is 56.8. The van der Waals surface area contributed by atoms with Gasteiger partial charge >= 0.3 is 24.7 Å². The Labute approximate surface area is 312 Å². The lowest BCUT2D eigenvalue weighted by molar-refractivity contribution is -0.144. The maximum atomic E-state index is 14.3. The summed E-state index contributed by atoms with van der Waals surface area (Å²) in [6.07, 6.45) is -21.0. The summed E-state index contributed by atoms with van der Waals surface area (Å²) in [7, 11) is 1.16. The first-order chi connectivity index (χ1) is 26.3. The van der Waals surface area contributed by atoms with Crippen molar-refractivity contribution in [2.45, 2.75) is 43.5 Å². The number of anilines is 2. The van der Waals surface area contributed by atoms with Gasteiger partial charge in [0.1, 0.15) is 0 Å². The zero-order valence-electron chi connectivity index (χ0n) is 28.6. The Kier molecular flexibility index (Phi) is 9.04. The molecule has 2 aliphatic carbocycles. The summed E-state index contributed by atoms with van der Waals surface area (Å²) in [5.41, 5.74) is -9.52. The number of halogens is 12. The first-order valence-corrected chi connectivity index (χ1v) is 16.7. The number of alkyl halides is 12. The minimum atomic E-state index is -5.37. The lowest BCUT2D eigenvalue weighted by atomic mass is 9.57. The van der Waals surface area contributed by atoms with Crippen molar-refractivity contribution in [3.63, 3.8) is 0 Å². The van der Waals surface area contributed by atoms with Gasteiger partial charge in [-0.15, -0.1) is 0 Å². The third-order valence-corrected chi connectivity index (χ3v) is 10.9. The van der Waals surface area contributed by atoms with Gasteiger partial charge in [-0.3, -0.25) is 19.2 Å². The number of imide groups is 2. The molecule has 0 radical (unpaired) electrons. The van der Waals surface area contributed by atoms with E-state index in [1.165, 1.54) is 24.3 Å². The lowest BCUT2D eigenvalue weighted by Gasteiger charge is -2.44. The smallest absolute Gasteiger partial charge is 0.416 e. The number of hydrogen-bond acceptors (Lipinski definition) is 6. The highest BCUT2D eigenvalue weighted by Gasteiger charge is 2.63. The van der Waals surface area contributed by atoms with E-state index in [2.05, 4.69) is 0 Å². The van der Waals surface area contributed by atoms with Crippen LogP contribution in [0.15, 0.2) is 66.2 Å². The fraction of sp³-hybridized carbons (Fsp3) is 0.351. The number of phenols is 1. The van der Waals surface area contributed by atoms with Crippen molar-refractivity contribution >= 4 is 35.0 Å². The number of amides is 4. The van der Waals surface area contributed by atoms with Crippen LogP contribution in [0.2, 0.25) is 0 Å². The summed E-state index contributed by atoms with van der Waals surface area (Å²) in [6, 6.07) is 4.21. The Morgan fingerprint density at radius 1 is 0.596 bits per heavy atom. The van der Waals surface area contributed by atoms with Crippen molar-refractivity contribution < 1.29 is 81.7 Å². The van der Waals surface area contributed by atoms with E-state index in [1.807, 2.05) is 0 Å². The van der Waals surface area contributed by atoms with Gasteiger partial charge in [-0.1, -0.05) is 23.8 Å². The largest absolute Gasteiger partial charge is 0.504 e. The van der Waals surface area contributed by atoms with E-state index in [-0.39, 0.29) is 69.5 Å². The minimum absolute atomic E-state index is 0.104. The van der Waals surface area contributed by atoms with E-state index in [1.54, 1.807) is 0 Å². The number of rotatable bonds is 4. The Bertz CT molecular complexity index is 2200. The van der Waals surface area contributed by atoms with Gasteiger partial charge in [0.25, 0.3) is 0 Å². The number of allylic oxidation sites excluding steroid dienone is 2. The van der Waals surface area contributed by atoms with Gasteiger partial charge in [0.05, 0.1) is 64.4 Å². The third kappa shape index (κ3) is 6.45. The number of hydrogen-bond donors (Lipinski definition) is 1. The van der Waals surface area contributed by atoms with Crippen LogP contribution in [0.4, 0.5) is 64.1 Å². The van der Waals surface area contributed by atoms with E-state index < -0.39 is 130 Å². The number of carbonyl (C=O) groups excluding carboxylic acids is 4. The molecule has 4 aliphatic rings. The average molecular weight is 821 g/mol. The number of methoxy groups -OCH3 is 1. The van der Waals surface area contributed by atoms with Crippen LogP contribution in [0.5, 0.6) is 11.5 Å². The second-order valence-electron chi connectivity index (χ2n) is 14.0. The third-order valence-electron chi connectivity index (χ3n) is 10.9. The quantitative estimate of drug-likeness (QED) is 0.161. The van der Waals surface area contributed by atoms with E-state index in [9.17, 15) is 77.0 Å². The van der Waals surface area contributed by atoms with Gasteiger partial charge in [0.2, 0.25) is 23.6 Å². The standard InChI is InChI=1S/C37H24F12N2O6/c1-57-25-4-2-3-21(29(25)52)26-20-5-6-22-27(32(55)50(30(22)53)18-9-14(34(38,39)40)7-15(10-18)35(41,42)43)23(20)13-24-28(26)33(56)51(31(24)54)19-11-16(36(44,45)46)8-17(12-19)37(47,48)49/h2-5,7-12,22-24,26-28,52H,6,13H2,1H3/t22-,23+,24+,26+,27-,28+/m0/s1. The van der Waals surface area contributed by atoms with Gasteiger partial charge in [0.15, 0.2) is 11.5 Å². The summed E-state index contributed by atoms with van der Waals surface area (Å²) in [6.45, 7) is 0. The Morgan fingerprint density at radius 2 is 1.04 bits per heavy atom. The maximum Gasteiger partial charge on any atom is 0.416 e. The highest BCUT2D eigenvalue weighted by atomic mass is 19.4. The minimum Gasteiger partial charge on any atom is -0.504 e. The SMILES string of the molecule is COc1cccc([C@H]2C3=CC[C@@H]4C(=O)N(c5cc(C(F)(F)F)cc(C(F)(F)F)c5)C(=O)[C@@H]4[C@@H]3C[C@H]3C(=O)N(c4cc(C(F)(F)F)cc(C(F)(F)F)c4)C(=O)[C@@H]23)c1O. The zero-order valence-corrected chi connectivity index (χ0v) is 28.6. The molecule has 6 atom stereocenters. The number of aromatic hydroxyl groups is 1. The molecule has 1 N–H and O–H groups in total. The first kappa shape index (κ1) is 39.7. The topological polar surface area (TPSA) is 104 Å². The molecule has 8 nitrogen and oxygen atoms in total. The van der Waals surface area contributed by atoms with Crippen LogP contribution in [-0.2, 0) is 43.9 Å². The van der Waals surface area contributed by atoms with Gasteiger partial charge in [-0.05, 0) is 61.2 Å². The van der Waals surface area contributed by atoms with Crippen LogP contribution in [-0.4, -0.2) is 35.8 Å². The normalized spacial score (nSPS) is 25.4. The number of carbonyl (C=O) groups is 4. The van der Waals surface area contributed by atoms with Crippen LogP contribution < -0.4 is 14.5 Å². The molecular formula is C37H24F12N2O6. The Balaban J connectivity index is 1.37. The summed E-state index contributed by atoms with van der Waals surface area (Å²) < 4.78 is 171. The van der Waals surface area contributed by atoms with Crippen molar-refractivity contribution in [3.8, 4) is 11.5 Å². The molecule has 0 unspecified atom stereocenters. The highest BCUT2D eigenvalue weighted by molar-refractivity contribution is 6.24. The predicted octanol–water partition coefficient (Wildman–Crippen LogP) is 8.52. The van der Waals surface area contributed by atoms with Crippen molar-refractivity contribution in [2.24, 2.45) is 29.6 Å². The van der Waals surface area contributed by atoms with Crippen LogP contribution in [0.3, 0.4) is 0 Å². The second kappa shape index (κ2) is 13.0. The molecule has 2 aliphatic heterocycles. The lowest BCUT2D eigenvalue weighted by Crippen LogP contribution is -2.43. The molecule has 2 heterocycles. The average Bonchev–Trinajstić information content (AvgIpc) is 3.52. The Hall–Kier alpha value is -5.56. The van der Waals surface area contributed by atoms with Crippen molar-refractivity contribution in [3.05, 3.63) is 94.1 Å². The fourth-order valence-electron chi connectivity index (χ4n) is 8.54. The highest BCUT2D eigenvalue weighted by Crippen LogP contribution is 2.60. The summed E-state index contributed by atoms with van der Waals surface area (Å²) in [5.74, 6) is -14.9. The monoisotopic (exact) mass is 820 g/mol. The van der Waals surface area contributed by atoms with E-state index in [0.717, 1.165) is 7.11 Å². The molecule has 1 saturated carbocycles. The van der Waals surface area contributed by atoms with Crippen molar-refractivity contribution in [1.29, 1.82) is 0 Å². The van der Waals surface area contributed by atoms with E-state index in [0.29, 0.717) is 0 Å². The molecule has 302 valence electrons. The molecule has 7 rings (SSSR count). The molecule has 57 heavy (non-hydrogen) atoms. The van der Waals surface area contributed by atoms with Crippen LogP contribution in [0.1, 0.15) is 46.6 Å². The van der Waals surface area contributed by atoms with E-state index in [4.69, 9.17) is 4.74 Å². The predicted molar refractivity (Wildman–Crippen MR) is 170 cm³/mol. The van der Waals surface area contributed by atoms with Crippen LogP contribution >= 0.6 is 0 Å². The molecular weight excluding hydrogens is 796 g/mol. The summed E-state index contributed by atoms with van der Waals surface area (Å²) in [5, 5.41) is 11.3. The number of ether oxygens (including phenoxy) is 1. The molecule has 20 heteroatoms. The van der Waals surface area contributed by atoms with Crippen molar-refractivity contribution in [1.82, 2.24) is 0 Å². The van der Waals surface area contributed by atoms with E-state index >= 15 is 0 Å². The molecule has 2 saturated heterocycles. The maximum absolute atomic E-state index is 14.3. The van der Waals surface area contributed by atoms with Gasteiger partial charge in [0, 0.05) is 11.5 Å². The molecule has 3 fully saturated rings. The number of benzene rings is 3.